The fourth-order valence-corrected chi connectivity index (χ4v) is 3.24. The molecule has 0 radical (unpaired) electrons. The summed E-state index contributed by atoms with van der Waals surface area (Å²) in [4.78, 5) is 0.949. The van der Waals surface area contributed by atoms with Crippen molar-refractivity contribution in [1.29, 1.82) is 5.26 Å². The summed E-state index contributed by atoms with van der Waals surface area (Å²) in [5, 5.41) is 18.6. The van der Waals surface area contributed by atoms with Crippen molar-refractivity contribution in [2.75, 3.05) is 0 Å². The van der Waals surface area contributed by atoms with Crippen molar-refractivity contribution >= 4 is 11.8 Å². The maximum absolute atomic E-state index is 9.12. The van der Waals surface area contributed by atoms with Crippen molar-refractivity contribution in [2.24, 2.45) is 0 Å². The van der Waals surface area contributed by atoms with Crippen LogP contribution in [-0.2, 0) is 13.0 Å². The Bertz CT molecular complexity index is 627. The Morgan fingerprint density at radius 3 is 2.95 bits per heavy atom. The molecule has 0 saturated carbocycles. The minimum absolute atomic E-state index is 0.693. The molecule has 0 aliphatic carbocycles. The average Bonchev–Trinajstić information content (AvgIpc) is 2.68. The van der Waals surface area contributed by atoms with E-state index in [0.29, 0.717) is 5.56 Å². The molecule has 4 nitrogen and oxygen atoms in total. The summed E-state index contributed by atoms with van der Waals surface area (Å²) in [6.07, 6.45) is 4.63. The largest absolute Gasteiger partial charge is 0.306 e. The van der Waals surface area contributed by atoms with E-state index >= 15 is 0 Å². The van der Waals surface area contributed by atoms with Crippen molar-refractivity contribution in [3.05, 3.63) is 35.7 Å². The normalized spacial score (nSPS) is 14.5. The predicted octanol–water partition coefficient (Wildman–Crippen LogP) is 3.03. The molecule has 0 spiro atoms. The Kier molecular flexibility index (Phi) is 3.51. The molecule has 2 aromatic rings. The zero-order valence-electron chi connectivity index (χ0n) is 10.5. The molecule has 0 atom stereocenters. The van der Waals surface area contributed by atoms with Crippen molar-refractivity contribution in [3.8, 4) is 6.07 Å². The second-order valence-corrected chi connectivity index (χ2v) is 5.58. The van der Waals surface area contributed by atoms with Crippen LogP contribution in [0.4, 0.5) is 0 Å². The summed E-state index contributed by atoms with van der Waals surface area (Å²) in [6.45, 7) is 0.986. The highest BCUT2D eigenvalue weighted by Gasteiger charge is 2.16. The molecular weight excluding hydrogens is 256 g/mol. The van der Waals surface area contributed by atoms with Gasteiger partial charge in [0.15, 0.2) is 5.16 Å². The first-order valence-corrected chi connectivity index (χ1v) is 7.29. The Labute approximate surface area is 116 Å². The van der Waals surface area contributed by atoms with Gasteiger partial charge in [0.05, 0.1) is 5.56 Å². The topological polar surface area (TPSA) is 54.5 Å². The number of fused-ring (bicyclic) bond motifs is 1. The lowest BCUT2D eigenvalue weighted by Gasteiger charge is -2.06. The summed E-state index contributed by atoms with van der Waals surface area (Å²) >= 11 is 1.54. The molecule has 0 bridgehead atoms. The lowest BCUT2D eigenvalue weighted by Crippen LogP contribution is -2.02. The van der Waals surface area contributed by atoms with Crippen LogP contribution in [0.25, 0.3) is 0 Å². The van der Waals surface area contributed by atoms with Crippen molar-refractivity contribution in [2.45, 2.75) is 42.3 Å². The first kappa shape index (κ1) is 12.2. The maximum Gasteiger partial charge on any atom is 0.196 e. The van der Waals surface area contributed by atoms with Gasteiger partial charge >= 0.3 is 0 Å². The summed E-state index contributed by atoms with van der Waals surface area (Å²) in [7, 11) is 0. The van der Waals surface area contributed by atoms with Crippen LogP contribution in [0.5, 0.6) is 0 Å². The fourth-order valence-electron chi connectivity index (χ4n) is 2.28. The molecule has 3 rings (SSSR count). The van der Waals surface area contributed by atoms with Gasteiger partial charge in [0, 0.05) is 17.9 Å². The van der Waals surface area contributed by atoms with Gasteiger partial charge in [-0.2, -0.15) is 5.26 Å². The predicted molar refractivity (Wildman–Crippen MR) is 72.9 cm³/mol. The zero-order valence-corrected chi connectivity index (χ0v) is 11.4. The number of rotatable bonds is 2. The monoisotopic (exact) mass is 270 g/mol. The Hall–Kier alpha value is -1.80. The second kappa shape index (κ2) is 5.45. The number of aryl methyl sites for hydroxylation is 1. The van der Waals surface area contributed by atoms with Gasteiger partial charge in [-0.3, -0.25) is 0 Å². The van der Waals surface area contributed by atoms with Crippen LogP contribution in [0.1, 0.15) is 30.7 Å². The van der Waals surface area contributed by atoms with Crippen LogP contribution in [0.15, 0.2) is 34.3 Å². The second-order valence-electron chi connectivity index (χ2n) is 4.57. The van der Waals surface area contributed by atoms with Gasteiger partial charge < -0.3 is 4.57 Å². The van der Waals surface area contributed by atoms with Crippen LogP contribution < -0.4 is 0 Å². The standard InChI is InChI=1S/C14H14N4S/c15-10-11-6-3-4-7-12(11)19-14-17-16-13-8-2-1-5-9-18(13)14/h3-4,6-7H,1-2,5,8-9H2. The highest BCUT2D eigenvalue weighted by molar-refractivity contribution is 7.99. The van der Waals surface area contributed by atoms with Gasteiger partial charge in [0.1, 0.15) is 11.9 Å². The van der Waals surface area contributed by atoms with E-state index in [1.165, 1.54) is 31.0 Å². The van der Waals surface area contributed by atoms with E-state index in [1.807, 2.05) is 24.3 Å². The number of nitriles is 1. The number of benzene rings is 1. The molecular formula is C14H14N4S. The van der Waals surface area contributed by atoms with Crippen LogP contribution in [0.3, 0.4) is 0 Å². The summed E-state index contributed by atoms with van der Waals surface area (Å²) < 4.78 is 2.20. The third-order valence-corrected chi connectivity index (χ3v) is 4.34. The van der Waals surface area contributed by atoms with Crippen molar-refractivity contribution < 1.29 is 0 Å². The minimum Gasteiger partial charge on any atom is -0.306 e. The highest BCUT2D eigenvalue weighted by Crippen LogP contribution is 2.30. The summed E-state index contributed by atoms with van der Waals surface area (Å²) in [5.41, 5.74) is 0.693. The SMILES string of the molecule is N#Cc1ccccc1Sc1nnc2n1CCCCC2. The van der Waals surface area contributed by atoms with Gasteiger partial charge in [-0.1, -0.05) is 18.6 Å². The summed E-state index contributed by atoms with van der Waals surface area (Å²) in [5.74, 6) is 1.08. The van der Waals surface area contributed by atoms with Crippen LogP contribution in [0.2, 0.25) is 0 Å². The molecule has 1 aliphatic heterocycles. The molecule has 0 N–H and O–H groups in total. The fraction of sp³-hybridized carbons (Fsp3) is 0.357. The number of hydrogen-bond donors (Lipinski definition) is 0. The lowest BCUT2D eigenvalue weighted by molar-refractivity contribution is 0.591. The molecule has 1 aliphatic rings. The van der Waals surface area contributed by atoms with Gasteiger partial charge in [0.2, 0.25) is 0 Å². The van der Waals surface area contributed by atoms with Crippen LogP contribution >= 0.6 is 11.8 Å². The van der Waals surface area contributed by atoms with Gasteiger partial charge in [-0.05, 0) is 36.7 Å². The Balaban J connectivity index is 1.92. The van der Waals surface area contributed by atoms with E-state index in [9.17, 15) is 0 Å². The van der Waals surface area contributed by atoms with Gasteiger partial charge in [0.25, 0.3) is 0 Å². The summed E-state index contributed by atoms with van der Waals surface area (Å²) in [6, 6.07) is 9.85. The molecule has 1 aromatic carbocycles. The lowest BCUT2D eigenvalue weighted by atomic mass is 10.2. The third kappa shape index (κ3) is 2.49. The minimum atomic E-state index is 0.693. The maximum atomic E-state index is 9.12. The first-order chi connectivity index (χ1) is 9.38. The van der Waals surface area contributed by atoms with Crippen LogP contribution in [-0.4, -0.2) is 14.8 Å². The molecule has 1 aromatic heterocycles. The molecule has 0 saturated heterocycles. The van der Waals surface area contributed by atoms with E-state index in [4.69, 9.17) is 5.26 Å². The van der Waals surface area contributed by atoms with E-state index < -0.39 is 0 Å². The number of nitrogens with zero attached hydrogens (tertiary/aromatic N) is 4. The molecule has 5 heteroatoms. The third-order valence-electron chi connectivity index (χ3n) is 3.28. The zero-order chi connectivity index (χ0) is 13.1. The Morgan fingerprint density at radius 2 is 2.05 bits per heavy atom. The van der Waals surface area contributed by atoms with E-state index in [1.54, 1.807) is 0 Å². The van der Waals surface area contributed by atoms with Crippen molar-refractivity contribution in [1.82, 2.24) is 14.8 Å². The highest BCUT2D eigenvalue weighted by atomic mass is 32.2. The smallest absolute Gasteiger partial charge is 0.196 e. The quantitative estimate of drug-likeness (QED) is 0.841. The van der Waals surface area contributed by atoms with Gasteiger partial charge in [-0.15, -0.1) is 10.2 Å². The first-order valence-electron chi connectivity index (χ1n) is 6.47. The molecule has 2 heterocycles. The average molecular weight is 270 g/mol. The van der Waals surface area contributed by atoms with Crippen molar-refractivity contribution in [3.63, 3.8) is 0 Å². The van der Waals surface area contributed by atoms with E-state index in [0.717, 1.165) is 28.8 Å². The molecule has 19 heavy (non-hydrogen) atoms. The van der Waals surface area contributed by atoms with E-state index in [-0.39, 0.29) is 0 Å². The number of hydrogen-bond acceptors (Lipinski definition) is 4. The molecule has 0 unspecified atom stereocenters. The molecule has 96 valence electrons. The molecule has 0 fully saturated rings. The van der Waals surface area contributed by atoms with E-state index in [2.05, 4.69) is 20.8 Å². The number of aromatic nitrogens is 3. The van der Waals surface area contributed by atoms with Gasteiger partial charge in [-0.25, -0.2) is 0 Å². The Morgan fingerprint density at radius 1 is 1.16 bits per heavy atom. The van der Waals surface area contributed by atoms with Crippen LogP contribution in [0, 0.1) is 11.3 Å². The molecule has 0 amide bonds.